The molecule has 0 saturated carbocycles. The third kappa shape index (κ3) is 12.9. The second-order valence-corrected chi connectivity index (χ2v) is 5.76. The second-order valence-electron chi connectivity index (χ2n) is 4.61. The van der Waals surface area contributed by atoms with Gasteiger partial charge < -0.3 is 0 Å². The van der Waals surface area contributed by atoms with Gasteiger partial charge in [0, 0.05) is 35.4 Å². The monoisotopic (exact) mass is 531 g/mol. The predicted molar refractivity (Wildman–Crippen MR) is 106 cm³/mol. The van der Waals surface area contributed by atoms with E-state index in [1.165, 1.54) is 16.7 Å². The molecule has 0 heterocycles. The minimum Gasteiger partial charge on any atom is -0.270 e. The van der Waals surface area contributed by atoms with Crippen LogP contribution in [0.1, 0.15) is 25.3 Å². The molecule has 0 nitrogen and oxygen atoms in total. The van der Waals surface area contributed by atoms with Crippen LogP contribution in [-0.2, 0) is 25.8 Å². The molecule has 0 spiro atoms. The minimum atomic E-state index is 0. The molecule has 1 aromatic rings. The van der Waals surface area contributed by atoms with Gasteiger partial charge in [-0.3, -0.25) is 6.08 Å². The summed E-state index contributed by atoms with van der Waals surface area (Å²) in [5, 5.41) is 0. The predicted octanol–water partition coefficient (Wildman–Crippen LogP) is 5.89. The molecule has 2 aliphatic carbocycles. The van der Waals surface area contributed by atoms with Crippen molar-refractivity contribution >= 4 is 39.9 Å². The molecule has 2 aliphatic rings. The van der Waals surface area contributed by atoms with E-state index >= 15 is 0 Å². The molecule has 0 N–H and O–H groups in total. The van der Waals surface area contributed by atoms with Crippen molar-refractivity contribution in [1.82, 2.24) is 0 Å². The Morgan fingerprint density at radius 3 is 1.74 bits per heavy atom. The normalized spacial score (nSPS) is 12.8. The van der Waals surface area contributed by atoms with E-state index in [-0.39, 0.29) is 50.7 Å². The number of hydrogen-bond donors (Lipinski definition) is 0. The smallest absolute Gasteiger partial charge is 0.0213 e. The van der Waals surface area contributed by atoms with E-state index in [1.54, 1.807) is 0 Å². The summed E-state index contributed by atoms with van der Waals surface area (Å²) < 4.78 is 0. The molecule has 125 valence electrons. The van der Waals surface area contributed by atoms with Crippen molar-refractivity contribution in [2.24, 2.45) is 0 Å². The zero-order chi connectivity index (χ0) is 14.6. The van der Waals surface area contributed by atoms with E-state index < -0.39 is 0 Å². The summed E-state index contributed by atoms with van der Waals surface area (Å²) >= 11 is 0. The van der Waals surface area contributed by atoms with Crippen LogP contribution in [0.2, 0.25) is 13.1 Å². The quantitative estimate of drug-likeness (QED) is 0.314. The molecule has 0 atom stereocenters. The number of hydrogen-bond acceptors (Lipinski definition) is 0. The van der Waals surface area contributed by atoms with Crippen LogP contribution >= 0.6 is 24.8 Å². The standard InChI is InChI=1S/C11H9.C6H7.C2H7Si.2ClH.Hf/c1-2-6-10(7-3-1)11-8-4-5-9-11;1-6-4-2-3-5-6;1-3-2;;;/h1-4,6-8H,5H2;2,4H,3H2,1H3;3H,1-2H3;2*1H;/q2*-1;;;;. The minimum absolute atomic E-state index is 0. The Hall–Kier alpha value is -0.153. The Labute approximate surface area is 175 Å². The summed E-state index contributed by atoms with van der Waals surface area (Å²) in [6.07, 6.45) is 16.8. The molecular formula is C19H25Cl2HfSi-2. The van der Waals surface area contributed by atoms with Gasteiger partial charge in [-0.05, 0) is 0 Å². The Morgan fingerprint density at radius 1 is 0.870 bits per heavy atom. The zero-order valence-electron chi connectivity index (χ0n) is 14.0. The molecule has 0 aromatic heterocycles. The molecule has 0 fully saturated rings. The first-order chi connectivity index (χ1) is 9.77. The maximum Gasteiger partial charge on any atom is 0.0213 e. The van der Waals surface area contributed by atoms with Crippen LogP contribution in [0.4, 0.5) is 0 Å². The molecule has 0 amide bonds. The number of halogens is 2. The summed E-state index contributed by atoms with van der Waals surface area (Å²) in [5.41, 5.74) is 3.77. The van der Waals surface area contributed by atoms with Crippen molar-refractivity contribution in [3.05, 3.63) is 77.9 Å². The van der Waals surface area contributed by atoms with Crippen LogP contribution in [0.15, 0.2) is 60.2 Å². The average molecular weight is 531 g/mol. The molecule has 23 heavy (non-hydrogen) atoms. The van der Waals surface area contributed by atoms with Gasteiger partial charge in [-0.15, -0.1) is 55.0 Å². The fraction of sp³-hybridized carbons (Fsp3) is 0.263. The van der Waals surface area contributed by atoms with Gasteiger partial charge in [0.25, 0.3) is 0 Å². The Morgan fingerprint density at radius 2 is 1.39 bits per heavy atom. The van der Waals surface area contributed by atoms with E-state index in [9.17, 15) is 0 Å². The van der Waals surface area contributed by atoms with Crippen molar-refractivity contribution in [2.45, 2.75) is 32.9 Å². The summed E-state index contributed by atoms with van der Waals surface area (Å²) in [6, 6.07) is 10.4. The van der Waals surface area contributed by atoms with Crippen molar-refractivity contribution in [2.75, 3.05) is 0 Å². The van der Waals surface area contributed by atoms with E-state index in [0.29, 0.717) is 0 Å². The molecule has 1 radical (unpaired) electrons. The number of benzene rings is 1. The second kappa shape index (κ2) is 18.2. The van der Waals surface area contributed by atoms with Crippen LogP contribution in [0.3, 0.4) is 0 Å². The van der Waals surface area contributed by atoms with Crippen molar-refractivity contribution in [3.63, 3.8) is 0 Å². The number of allylic oxidation sites excluding steroid dienone is 8. The van der Waals surface area contributed by atoms with Gasteiger partial charge >= 0.3 is 0 Å². The largest absolute Gasteiger partial charge is 0.270 e. The molecule has 4 heteroatoms. The summed E-state index contributed by atoms with van der Waals surface area (Å²) in [7, 11) is 0.750. The first-order valence-corrected chi connectivity index (χ1v) is 9.39. The van der Waals surface area contributed by atoms with Gasteiger partial charge in [-0.2, -0.15) is 23.8 Å². The van der Waals surface area contributed by atoms with Gasteiger partial charge in [0.15, 0.2) is 0 Å². The van der Waals surface area contributed by atoms with E-state index in [1.807, 2.05) is 6.07 Å². The van der Waals surface area contributed by atoms with E-state index in [2.05, 4.69) is 80.7 Å². The molecular weight excluding hydrogens is 506 g/mol. The van der Waals surface area contributed by atoms with Crippen LogP contribution < -0.4 is 0 Å². The maximum absolute atomic E-state index is 3.28. The summed E-state index contributed by atoms with van der Waals surface area (Å²) in [6.45, 7) is 6.48. The van der Waals surface area contributed by atoms with Gasteiger partial charge in [0.2, 0.25) is 0 Å². The van der Waals surface area contributed by atoms with Crippen LogP contribution in [0.25, 0.3) is 5.57 Å². The average Bonchev–Trinajstić information content (AvgIpc) is 3.14. The Bertz CT molecular complexity index is 503. The summed E-state index contributed by atoms with van der Waals surface area (Å²) in [4.78, 5) is 0. The topological polar surface area (TPSA) is 0 Å². The number of rotatable bonds is 1. The Balaban J connectivity index is -0.000000291. The van der Waals surface area contributed by atoms with Gasteiger partial charge in [-0.25, -0.2) is 11.6 Å². The van der Waals surface area contributed by atoms with Crippen LogP contribution in [0.5, 0.6) is 0 Å². The SMILES string of the molecule is CC1=[C-]CC=C1.C[SiH]C.Cl.Cl.[C-]1=C(c2ccccc2)C=CC1.[Hf]. The Kier molecular flexibility index (Phi) is 21.9. The van der Waals surface area contributed by atoms with Gasteiger partial charge in [0.05, 0.1) is 0 Å². The fourth-order valence-electron chi connectivity index (χ4n) is 1.74. The molecule has 0 saturated heterocycles. The van der Waals surface area contributed by atoms with Crippen molar-refractivity contribution < 1.29 is 25.8 Å². The maximum atomic E-state index is 3.28. The third-order valence-corrected chi connectivity index (χ3v) is 2.65. The van der Waals surface area contributed by atoms with E-state index in [0.717, 1.165) is 22.4 Å². The van der Waals surface area contributed by atoms with E-state index in [4.69, 9.17) is 0 Å². The third-order valence-electron chi connectivity index (χ3n) is 2.65. The van der Waals surface area contributed by atoms with Crippen molar-refractivity contribution in [3.8, 4) is 0 Å². The van der Waals surface area contributed by atoms with Gasteiger partial charge in [0.1, 0.15) is 0 Å². The first kappa shape index (κ1) is 27.7. The molecule has 0 unspecified atom stereocenters. The van der Waals surface area contributed by atoms with Crippen LogP contribution in [-0.4, -0.2) is 9.52 Å². The zero-order valence-corrected chi connectivity index (χ0v) is 20.4. The molecule has 0 bridgehead atoms. The molecule has 0 aliphatic heterocycles. The molecule has 3 rings (SSSR count). The van der Waals surface area contributed by atoms with Crippen molar-refractivity contribution in [1.29, 1.82) is 0 Å². The first-order valence-electron chi connectivity index (χ1n) is 7.08. The van der Waals surface area contributed by atoms with Gasteiger partial charge in [-0.1, -0.05) is 44.6 Å². The summed E-state index contributed by atoms with van der Waals surface area (Å²) in [5.74, 6) is 0. The molecule has 1 aromatic carbocycles. The van der Waals surface area contributed by atoms with Crippen LogP contribution in [0, 0.1) is 12.2 Å². The fourth-order valence-corrected chi connectivity index (χ4v) is 1.74.